The van der Waals surface area contributed by atoms with Crippen LogP contribution in [0.3, 0.4) is 0 Å². The van der Waals surface area contributed by atoms with Crippen molar-refractivity contribution in [1.82, 2.24) is 0 Å². The molecule has 0 heterocycles. The van der Waals surface area contributed by atoms with Gasteiger partial charge in [0.25, 0.3) is 0 Å². The first kappa shape index (κ1) is 17.8. The van der Waals surface area contributed by atoms with E-state index in [0.29, 0.717) is 5.56 Å². The van der Waals surface area contributed by atoms with Gasteiger partial charge in [-0.05, 0) is 41.8 Å². The quantitative estimate of drug-likeness (QED) is 0.363. The zero-order chi connectivity index (χ0) is 12.8. The molecule has 0 N–H and O–H groups in total. The van der Waals surface area contributed by atoms with Crippen molar-refractivity contribution < 1.29 is 52.6 Å². The largest absolute Gasteiger partial charge is 1.00 e. The summed E-state index contributed by atoms with van der Waals surface area (Å²) in [5, 5.41) is 0. The van der Waals surface area contributed by atoms with Crippen LogP contribution < -0.4 is 29.6 Å². The van der Waals surface area contributed by atoms with Crippen molar-refractivity contribution in [2.45, 2.75) is 18.4 Å². The molecule has 1 unspecified atom stereocenters. The third-order valence-electron chi connectivity index (χ3n) is 1.98. The Labute approximate surface area is 130 Å². The molecule has 1 rings (SSSR count). The second kappa shape index (κ2) is 8.79. The first-order chi connectivity index (χ1) is 8.08. The Morgan fingerprint density at radius 1 is 1.39 bits per heavy atom. The summed E-state index contributed by atoms with van der Waals surface area (Å²) in [6.07, 6.45) is 0. The minimum atomic E-state index is -2.39. The van der Waals surface area contributed by atoms with E-state index in [0.717, 1.165) is 0 Å². The Morgan fingerprint density at radius 3 is 2.56 bits per heavy atom. The first-order valence-corrected chi connectivity index (χ1v) is 6.05. The molecule has 0 bridgehead atoms. The Hall–Kier alpha value is -0.240. The molecule has 1 atom stereocenters. The Morgan fingerprint density at radius 2 is 2.06 bits per heavy atom. The van der Waals surface area contributed by atoms with Crippen LogP contribution in [-0.4, -0.2) is 28.4 Å². The summed E-state index contributed by atoms with van der Waals surface area (Å²) in [5.41, 5.74) is 0.817. The summed E-state index contributed by atoms with van der Waals surface area (Å²) in [6.45, 7) is 2.16. The number of ether oxygens (including phenoxy) is 2. The number of carbonyl (C=O) groups is 1. The van der Waals surface area contributed by atoms with Crippen molar-refractivity contribution in [2.24, 2.45) is 0 Å². The van der Waals surface area contributed by atoms with Crippen LogP contribution in [0, 0.1) is 0 Å². The zero-order valence-corrected chi connectivity index (χ0v) is 13.4. The van der Waals surface area contributed by atoms with Gasteiger partial charge in [0.2, 0.25) is 0 Å². The second-order valence-electron chi connectivity index (χ2n) is 3.25. The van der Waals surface area contributed by atoms with Crippen molar-refractivity contribution in [3.05, 3.63) is 29.3 Å². The molecule has 0 aliphatic heterocycles. The van der Waals surface area contributed by atoms with Crippen molar-refractivity contribution >= 4 is 17.0 Å². The van der Waals surface area contributed by atoms with E-state index < -0.39 is 17.0 Å². The maximum absolute atomic E-state index is 11.5. The van der Waals surface area contributed by atoms with Gasteiger partial charge in [-0.15, -0.1) is 0 Å². The number of benzene rings is 1. The summed E-state index contributed by atoms with van der Waals surface area (Å²) in [6, 6.07) is 4.29. The van der Waals surface area contributed by atoms with Gasteiger partial charge in [0.15, 0.2) is 0 Å². The van der Waals surface area contributed by atoms with Crippen LogP contribution in [0.25, 0.3) is 0 Å². The first-order valence-electron chi connectivity index (χ1n) is 4.97. The third-order valence-corrected chi connectivity index (χ3v) is 2.60. The van der Waals surface area contributed by atoms with E-state index in [9.17, 15) is 13.6 Å². The fourth-order valence-corrected chi connectivity index (χ4v) is 1.81. The van der Waals surface area contributed by atoms with Crippen molar-refractivity contribution in [2.75, 3.05) is 13.7 Å². The van der Waals surface area contributed by atoms with E-state index in [4.69, 9.17) is 9.47 Å². The van der Waals surface area contributed by atoms with Crippen molar-refractivity contribution in [3.63, 3.8) is 0 Å². The minimum Gasteiger partial charge on any atom is -0.768 e. The predicted octanol–water partition coefficient (Wildman–Crippen LogP) is -1.75. The number of carbonyl (C=O) groups excluding carboxylic acids is 1. The van der Waals surface area contributed by atoms with E-state index in [1.54, 1.807) is 13.0 Å². The molecule has 18 heavy (non-hydrogen) atoms. The molecule has 1 aromatic rings. The van der Waals surface area contributed by atoms with Gasteiger partial charge in [-0.25, -0.2) is 4.79 Å². The number of rotatable bonds is 5. The van der Waals surface area contributed by atoms with Gasteiger partial charge in [0.1, 0.15) is 0 Å². The van der Waals surface area contributed by atoms with E-state index in [1.807, 2.05) is 0 Å². The number of hydrogen-bond donors (Lipinski definition) is 0. The molecule has 0 aromatic heterocycles. The van der Waals surface area contributed by atoms with Crippen molar-refractivity contribution in [1.29, 1.82) is 0 Å². The number of methoxy groups -OCH3 is 1. The Balaban J connectivity index is 0.00000289. The van der Waals surface area contributed by atoms with Crippen LogP contribution in [0.5, 0.6) is 0 Å². The molecule has 0 amide bonds. The molecule has 0 saturated heterocycles. The van der Waals surface area contributed by atoms with Gasteiger partial charge in [0, 0.05) is 12.0 Å². The maximum atomic E-state index is 11.5. The standard InChI is InChI=1S/C11H14O5S.Na/c1-3-16-11(12)9-4-8(7-15-2)5-10(6-9)17(13)14;/h4-6H,3,7H2,1-2H3,(H,13,14);/q;+1/p-1. The molecule has 1 aromatic carbocycles. The van der Waals surface area contributed by atoms with Crippen LogP contribution in [-0.2, 0) is 27.2 Å². The second-order valence-corrected chi connectivity index (χ2v) is 4.19. The Bertz CT molecular complexity index is 435. The van der Waals surface area contributed by atoms with Crippen LogP contribution in [0.15, 0.2) is 23.1 Å². The molecule has 0 fully saturated rings. The SMILES string of the molecule is CCOC(=O)c1cc(COC)cc(S(=O)[O-])c1.[Na+]. The van der Waals surface area contributed by atoms with Gasteiger partial charge in [-0.2, -0.15) is 0 Å². The van der Waals surface area contributed by atoms with E-state index in [2.05, 4.69) is 0 Å². The van der Waals surface area contributed by atoms with Crippen LogP contribution in [0.2, 0.25) is 0 Å². The fraction of sp³-hybridized carbons (Fsp3) is 0.364. The smallest absolute Gasteiger partial charge is 0.768 e. The molecule has 0 aliphatic rings. The predicted molar refractivity (Wildman–Crippen MR) is 60.3 cm³/mol. The summed E-state index contributed by atoms with van der Waals surface area (Å²) in [4.78, 5) is 11.6. The summed E-state index contributed by atoms with van der Waals surface area (Å²) in [5.74, 6) is -0.544. The van der Waals surface area contributed by atoms with E-state index in [1.165, 1.54) is 19.2 Å². The average molecular weight is 280 g/mol. The maximum Gasteiger partial charge on any atom is 1.00 e. The molecule has 7 heteroatoms. The number of esters is 1. The molecule has 0 spiro atoms. The van der Waals surface area contributed by atoms with E-state index >= 15 is 0 Å². The molecule has 94 valence electrons. The minimum absolute atomic E-state index is 0. The van der Waals surface area contributed by atoms with Crippen LogP contribution >= 0.6 is 0 Å². The zero-order valence-electron chi connectivity index (χ0n) is 10.6. The molecular formula is C11H13NaO5S. The molecule has 0 aliphatic carbocycles. The van der Waals surface area contributed by atoms with Gasteiger partial charge in [0.05, 0.1) is 18.8 Å². The summed E-state index contributed by atoms with van der Waals surface area (Å²) >= 11 is -2.39. The normalized spacial score (nSPS) is 11.5. The van der Waals surface area contributed by atoms with Crippen LogP contribution in [0.1, 0.15) is 22.8 Å². The van der Waals surface area contributed by atoms with Gasteiger partial charge >= 0.3 is 35.5 Å². The summed E-state index contributed by atoms with van der Waals surface area (Å²) < 4.78 is 31.5. The molecule has 0 saturated carbocycles. The third kappa shape index (κ3) is 5.17. The number of hydrogen-bond acceptors (Lipinski definition) is 5. The van der Waals surface area contributed by atoms with Gasteiger partial charge in [-0.1, -0.05) is 0 Å². The molecular weight excluding hydrogens is 267 g/mol. The van der Waals surface area contributed by atoms with E-state index in [-0.39, 0.29) is 53.2 Å². The van der Waals surface area contributed by atoms with Crippen molar-refractivity contribution in [3.8, 4) is 0 Å². The molecule has 0 radical (unpaired) electrons. The van der Waals surface area contributed by atoms with Gasteiger partial charge in [-0.3, -0.25) is 4.21 Å². The topological polar surface area (TPSA) is 75.7 Å². The monoisotopic (exact) mass is 280 g/mol. The van der Waals surface area contributed by atoms with Crippen LogP contribution in [0.4, 0.5) is 0 Å². The Kier molecular flexibility index (Phi) is 8.67. The fourth-order valence-electron chi connectivity index (χ4n) is 1.34. The summed E-state index contributed by atoms with van der Waals surface area (Å²) in [7, 11) is 1.49. The average Bonchev–Trinajstić information content (AvgIpc) is 2.29. The molecule has 5 nitrogen and oxygen atoms in total. The van der Waals surface area contributed by atoms with Gasteiger partial charge < -0.3 is 14.0 Å².